The molecule has 5 nitrogen and oxygen atoms in total. The van der Waals surface area contributed by atoms with E-state index in [9.17, 15) is 13.2 Å². The van der Waals surface area contributed by atoms with Crippen LogP contribution < -0.4 is 5.32 Å². The van der Waals surface area contributed by atoms with E-state index in [1.807, 2.05) is 0 Å². The first-order valence-electron chi connectivity index (χ1n) is 6.48. The molecule has 0 radical (unpaired) electrons. The molecule has 3 aromatic rings. The van der Waals surface area contributed by atoms with Gasteiger partial charge in [-0.2, -0.15) is 18.3 Å². The second kappa shape index (κ2) is 5.28. The Bertz CT molecular complexity index is 810. The van der Waals surface area contributed by atoms with E-state index in [0.29, 0.717) is 17.0 Å². The molecule has 1 aromatic carbocycles. The fourth-order valence-corrected chi connectivity index (χ4v) is 2.15. The van der Waals surface area contributed by atoms with Crippen LogP contribution in [0.3, 0.4) is 0 Å². The van der Waals surface area contributed by atoms with E-state index in [4.69, 9.17) is 0 Å². The Hall–Kier alpha value is -2.64. The maximum Gasteiger partial charge on any atom is 0.416 e. The lowest BCUT2D eigenvalue weighted by molar-refractivity contribution is -0.137. The summed E-state index contributed by atoms with van der Waals surface area (Å²) < 4.78 is 39.7. The number of aryl methyl sites for hydroxylation is 1. The molecule has 3 rings (SSSR count). The molecule has 0 bridgehead atoms. The van der Waals surface area contributed by atoms with Gasteiger partial charge in [-0.3, -0.25) is 4.68 Å². The molecule has 2 heterocycles. The zero-order valence-corrected chi connectivity index (χ0v) is 11.6. The second-order valence-electron chi connectivity index (χ2n) is 4.78. The molecule has 0 fully saturated rings. The summed E-state index contributed by atoms with van der Waals surface area (Å²) in [6.07, 6.45) is -1.34. The van der Waals surface area contributed by atoms with Gasteiger partial charge in [0.2, 0.25) is 0 Å². The van der Waals surface area contributed by atoms with Gasteiger partial charge in [0, 0.05) is 13.6 Å². The second-order valence-corrected chi connectivity index (χ2v) is 4.78. The predicted octanol–water partition coefficient (Wildman–Crippen LogP) is 2.99. The van der Waals surface area contributed by atoms with Crippen LogP contribution in [0.2, 0.25) is 0 Å². The Morgan fingerprint density at radius 3 is 2.82 bits per heavy atom. The summed E-state index contributed by atoms with van der Waals surface area (Å²) in [6.45, 7) is 0.227. The van der Waals surface area contributed by atoms with Crippen LogP contribution in [0.1, 0.15) is 11.1 Å². The summed E-state index contributed by atoms with van der Waals surface area (Å²) in [6, 6.07) is 5.19. The van der Waals surface area contributed by atoms with E-state index in [2.05, 4.69) is 20.4 Å². The smallest absolute Gasteiger partial charge is 0.365 e. The van der Waals surface area contributed by atoms with Crippen molar-refractivity contribution >= 4 is 16.9 Å². The van der Waals surface area contributed by atoms with Crippen LogP contribution in [0.4, 0.5) is 19.0 Å². The Morgan fingerprint density at radius 1 is 1.23 bits per heavy atom. The van der Waals surface area contributed by atoms with Crippen LogP contribution in [-0.4, -0.2) is 19.7 Å². The summed E-state index contributed by atoms with van der Waals surface area (Å²) in [4.78, 5) is 8.21. The van der Waals surface area contributed by atoms with E-state index >= 15 is 0 Å². The van der Waals surface area contributed by atoms with Gasteiger partial charge in [0.15, 0.2) is 5.65 Å². The maximum atomic E-state index is 12.7. The maximum absolute atomic E-state index is 12.7. The molecule has 22 heavy (non-hydrogen) atoms. The molecule has 0 aliphatic heterocycles. The highest BCUT2D eigenvalue weighted by Gasteiger charge is 2.30. The van der Waals surface area contributed by atoms with Crippen molar-refractivity contribution in [3.63, 3.8) is 0 Å². The number of fused-ring (bicyclic) bond motifs is 1. The number of rotatable bonds is 3. The molecule has 0 spiro atoms. The summed E-state index contributed by atoms with van der Waals surface area (Å²) in [7, 11) is 1.76. The molecule has 8 heteroatoms. The number of aromatic nitrogens is 4. The lowest BCUT2D eigenvalue weighted by atomic mass is 10.1. The van der Waals surface area contributed by atoms with Crippen molar-refractivity contribution in [3.05, 3.63) is 47.9 Å². The monoisotopic (exact) mass is 307 g/mol. The van der Waals surface area contributed by atoms with Gasteiger partial charge in [0.25, 0.3) is 0 Å². The minimum absolute atomic E-state index is 0.227. The zero-order valence-electron chi connectivity index (χ0n) is 11.6. The predicted molar refractivity (Wildman–Crippen MR) is 75.1 cm³/mol. The molecule has 114 valence electrons. The first kappa shape index (κ1) is 14.3. The minimum atomic E-state index is -4.35. The Balaban J connectivity index is 1.83. The SMILES string of the molecule is Cn1ncc2c(NCc3cccc(C(F)(F)F)c3)ncnc21. The van der Waals surface area contributed by atoms with Crippen molar-refractivity contribution in [2.45, 2.75) is 12.7 Å². The number of hydrogen-bond acceptors (Lipinski definition) is 4. The van der Waals surface area contributed by atoms with Crippen molar-refractivity contribution in [1.29, 1.82) is 0 Å². The largest absolute Gasteiger partial charge is 0.416 e. The molecule has 0 amide bonds. The van der Waals surface area contributed by atoms with Gasteiger partial charge in [-0.05, 0) is 17.7 Å². The first-order valence-corrected chi connectivity index (χ1v) is 6.48. The fourth-order valence-electron chi connectivity index (χ4n) is 2.15. The lowest BCUT2D eigenvalue weighted by Crippen LogP contribution is -2.07. The number of hydrogen-bond donors (Lipinski definition) is 1. The highest BCUT2D eigenvalue weighted by atomic mass is 19.4. The highest BCUT2D eigenvalue weighted by molar-refractivity contribution is 5.85. The van der Waals surface area contributed by atoms with Gasteiger partial charge in [0.1, 0.15) is 12.1 Å². The molecule has 0 aliphatic rings. The van der Waals surface area contributed by atoms with Gasteiger partial charge in [-0.15, -0.1) is 0 Å². The number of halogens is 3. The van der Waals surface area contributed by atoms with Crippen LogP contribution in [0.5, 0.6) is 0 Å². The van der Waals surface area contributed by atoms with Crippen LogP contribution in [-0.2, 0) is 19.8 Å². The van der Waals surface area contributed by atoms with Gasteiger partial charge in [0.05, 0.1) is 17.1 Å². The third-order valence-electron chi connectivity index (χ3n) is 3.24. The molecule has 0 aliphatic carbocycles. The third-order valence-corrected chi connectivity index (χ3v) is 3.24. The van der Waals surface area contributed by atoms with Gasteiger partial charge < -0.3 is 5.32 Å². The van der Waals surface area contributed by atoms with E-state index < -0.39 is 11.7 Å². The van der Waals surface area contributed by atoms with Crippen LogP contribution in [0.25, 0.3) is 11.0 Å². The molecule has 1 N–H and O–H groups in total. The molecule has 0 atom stereocenters. The van der Waals surface area contributed by atoms with Crippen LogP contribution >= 0.6 is 0 Å². The van der Waals surface area contributed by atoms with Gasteiger partial charge in [-0.25, -0.2) is 9.97 Å². The van der Waals surface area contributed by atoms with Gasteiger partial charge >= 0.3 is 6.18 Å². The zero-order chi connectivity index (χ0) is 15.7. The van der Waals surface area contributed by atoms with Gasteiger partial charge in [-0.1, -0.05) is 12.1 Å². The molecule has 0 unspecified atom stereocenters. The van der Waals surface area contributed by atoms with E-state index in [0.717, 1.165) is 17.5 Å². The van der Waals surface area contributed by atoms with Crippen molar-refractivity contribution in [2.75, 3.05) is 5.32 Å². The average molecular weight is 307 g/mol. The van der Waals surface area contributed by atoms with Crippen molar-refractivity contribution in [3.8, 4) is 0 Å². The van der Waals surface area contributed by atoms with E-state index in [-0.39, 0.29) is 6.54 Å². The highest BCUT2D eigenvalue weighted by Crippen LogP contribution is 2.29. The number of nitrogens with zero attached hydrogens (tertiary/aromatic N) is 4. The fraction of sp³-hybridized carbons (Fsp3) is 0.214. The molecule has 0 saturated heterocycles. The number of benzene rings is 1. The van der Waals surface area contributed by atoms with Crippen LogP contribution in [0.15, 0.2) is 36.8 Å². The van der Waals surface area contributed by atoms with Crippen LogP contribution in [0, 0.1) is 0 Å². The van der Waals surface area contributed by atoms with E-state index in [1.165, 1.54) is 12.4 Å². The topological polar surface area (TPSA) is 55.6 Å². The molecule has 2 aromatic heterocycles. The number of anilines is 1. The molecular formula is C14H12F3N5. The molecular weight excluding hydrogens is 295 g/mol. The quantitative estimate of drug-likeness (QED) is 0.808. The summed E-state index contributed by atoms with van der Waals surface area (Å²) in [5.41, 5.74) is 0.507. The third kappa shape index (κ3) is 2.72. The Morgan fingerprint density at radius 2 is 2.05 bits per heavy atom. The Labute approximate surface area is 123 Å². The minimum Gasteiger partial charge on any atom is -0.365 e. The lowest BCUT2D eigenvalue weighted by Gasteiger charge is -2.10. The van der Waals surface area contributed by atoms with Crippen molar-refractivity contribution < 1.29 is 13.2 Å². The number of alkyl halides is 3. The number of nitrogens with one attached hydrogen (secondary N) is 1. The molecule has 0 saturated carbocycles. The van der Waals surface area contributed by atoms with E-state index in [1.54, 1.807) is 24.0 Å². The standard InChI is InChI=1S/C14H12F3N5/c1-22-13-11(7-21-22)12(19-8-20-13)18-6-9-3-2-4-10(5-9)14(15,16)17/h2-5,7-8H,6H2,1H3,(H,18,19,20). The normalized spacial score (nSPS) is 11.8. The summed E-state index contributed by atoms with van der Waals surface area (Å²) in [5, 5.41) is 7.83. The van der Waals surface area contributed by atoms with Crippen molar-refractivity contribution in [2.24, 2.45) is 7.05 Å². The average Bonchev–Trinajstić information content (AvgIpc) is 2.87. The summed E-state index contributed by atoms with van der Waals surface area (Å²) in [5.74, 6) is 0.538. The van der Waals surface area contributed by atoms with Crippen molar-refractivity contribution in [1.82, 2.24) is 19.7 Å². The Kier molecular flexibility index (Phi) is 3.44. The summed E-state index contributed by atoms with van der Waals surface area (Å²) >= 11 is 0. The first-order chi connectivity index (χ1) is 10.4.